The largest absolute Gasteiger partial charge is 0.491 e. The van der Waals surface area contributed by atoms with Gasteiger partial charge in [0.25, 0.3) is 0 Å². The summed E-state index contributed by atoms with van der Waals surface area (Å²) in [7, 11) is 1.65. The van der Waals surface area contributed by atoms with Crippen LogP contribution in [0.2, 0.25) is 0 Å². The molecule has 0 amide bonds. The molecule has 0 radical (unpaired) electrons. The molecular weight excluding hydrogens is 460 g/mol. The van der Waals surface area contributed by atoms with E-state index in [1.54, 1.807) is 19.2 Å². The van der Waals surface area contributed by atoms with Crippen molar-refractivity contribution in [3.8, 4) is 5.75 Å². The zero-order valence-corrected chi connectivity index (χ0v) is 18.0. The number of nitrogens with one attached hydrogen (secondary N) is 2. The first kappa shape index (κ1) is 23.2. The van der Waals surface area contributed by atoms with E-state index < -0.39 is 0 Å². The molecule has 0 aliphatic heterocycles. The van der Waals surface area contributed by atoms with Crippen molar-refractivity contribution in [1.82, 2.24) is 10.6 Å². The summed E-state index contributed by atoms with van der Waals surface area (Å²) in [5.41, 5.74) is 2.08. The molecule has 0 heterocycles. The third kappa shape index (κ3) is 9.05. The Morgan fingerprint density at radius 1 is 0.963 bits per heavy atom. The predicted molar refractivity (Wildman–Crippen MR) is 117 cm³/mol. The highest BCUT2D eigenvalue weighted by atomic mass is 127. The molecule has 0 aliphatic rings. The Bertz CT molecular complexity index is 679. The van der Waals surface area contributed by atoms with Gasteiger partial charge in [-0.1, -0.05) is 24.3 Å². The summed E-state index contributed by atoms with van der Waals surface area (Å²) in [6, 6.07) is 14.3. The summed E-state index contributed by atoms with van der Waals surface area (Å²) >= 11 is 0. The van der Waals surface area contributed by atoms with Gasteiger partial charge in [0.1, 0.15) is 18.2 Å². The highest BCUT2D eigenvalue weighted by Gasteiger charge is 2.00. The van der Waals surface area contributed by atoms with E-state index in [-0.39, 0.29) is 29.8 Å². The van der Waals surface area contributed by atoms with E-state index in [4.69, 9.17) is 9.47 Å². The Hall–Kier alpha value is -1.87. The molecule has 0 aliphatic carbocycles. The molecule has 0 saturated carbocycles. The van der Waals surface area contributed by atoms with Crippen LogP contribution in [0.1, 0.15) is 18.1 Å². The van der Waals surface area contributed by atoms with Crippen LogP contribution in [-0.2, 0) is 17.8 Å². The van der Waals surface area contributed by atoms with Gasteiger partial charge in [0, 0.05) is 20.2 Å². The molecule has 2 aromatic carbocycles. The van der Waals surface area contributed by atoms with Crippen LogP contribution < -0.4 is 15.4 Å². The fraction of sp³-hybridized carbons (Fsp3) is 0.350. The van der Waals surface area contributed by atoms with E-state index in [9.17, 15) is 4.39 Å². The molecule has 7 heteroatoms. The first-order valence-electron chi connectivity index (χ1n) is 8.68. The Balaban J connectivity index is 0.00000364. The monoisotopic (exact) mass is 487 g/mol. The first-order chi connectivity index (χ1) is 12.7. The first-order valence-corrected chi connectivity index (χ1v) is 8.68. The van der Waals surface area contributed by atoms with Gasteiger partial charge in [-0.3, -0.25) is 0 Å². The van der Waals surface area contributed by atoms with Crippen LogP contribution in [-0.4, -0.2) is 32.8 Å². The van der Waals surface area contributed by atoms with Crippen molar-refractivity contribution >= 4 is 29.9 Å². The Morgan fingerprint density at radius 2 is 1.63 bits per heavy atom. The summed E-state index contributed by atoms with van der Waals surface area (Å²) in [5, 5.41) is 6.46. The molecule has 27 heavy (non-hydrogen) atoms. The third-order valence-electron chi connectivity index (χ3n) is 3.62. The molecule has 2 N–H and O–H groups in total. The van der Waals surface area contributed by atoms with Crippen molar-refractivity contribution < 1.29 is 13.9 Å². The fourth-order valence-corrected chi connectivity index (χ4v) is 2.23. The number of hydrogen-bond donors (Lipinski definition) is 2. The summed E-state index contributed by atoms with van der Waals surface area (Å²) in [6.45, 7) is 5.02. The van der Waals surface area contributed by atoms with Gasteiger partial charge < -0.3 is 20.1 Å². The molecule has 0 saturated heterocycles. The lowest BCUT2D eigenvalue weighted by Gasteiger charge is -2.11. The molecule has 0 bridgehead atoms. The third-order valence-corrected chi connectivity index (χ3v) is 3.62. The van der Waals surface area contributed by atoms with E-state index in [1.165, 1.54) is 12.1 Å². The fourth-order valence-electron chi connectivity index (χ4n) is 2.23. The number of methoxy groups -OCH3 is 1. The molecule has 0 fully saturated rings. The average molecular weight is 487 g/mol. The highest BCUT2D eigenvalue weighted by molar-refractivity contribution is 14.0. The minimum Gasteiger partial charge on any atom is -0.491 e. The van der Waals surface area contributed by atoms with Crippen LogP contribution in [0.3, 0.4) is 0 Å². The topological polar surface area (TPSA) is 54.9 Å². The molecule has 0 spiro atoms. The minimum absolute atomic E-state index is 0. The number of hydrogen-bond acceptors (Lipinski definition) is 3. The van der Waals surface area contributed by atoms with E-state index in [1.807, 2.05) is 31.2 Å². The molecular formula is C20H27FIN3O2. The standard InChI is InChI=1S/C20H26FN3O2.HI/c1-3-22-20(23-14-16-4-8-18(21)9-5-16)24-15-17-6-10-19(11-7-17)26-13-12-25-2;/h4-11H,3,12-15H2,1-2H3,(H2,22,23,24);1H. The summed E-state index contributed by atoms with van der Waals surface area (Å²) in [4.78, 5) is 4.58. The van der Waals surface area contributed by atoms with Crippen LogP contribution in [0, 0.1) is 5.82 Å². The van der Waals surface area contributed by atoms with Gasteiger partial charge in [0.2, 0.25) is 0 Å². The summed E-state index contributed by atoms with van der Waals surface area (Å²) in [5.74, 6) is 1.30. The number of guanidine groups is 1. The Labute approximate surface area is 177 Å². The van der Waals surface area contributed by atoms with Gasteiger partial charge in [-0.2, -0.15) is 0 Å². The zero-order chi connectivity index (χ0) is 18.6. The van der Waals surface area contributed by atoms with Crippen molar-refractivity contribution in [2.75, 3.05) is 26.9 Å². The Morgan fingerprint density at radius 3 is 2.26 bits per heavy atom. The molecule has 0 unspecified atom stereocenters. The second kappa shape index (κ2) is 13.3. The van der Waals surface area contributed by atoms with Crippen LogP contribution >= 0.6 is 24.0 Å². The average Bonchev–Trinajstić information content (AvgIpc) is 2.66. The molecule has 5 nitrogen and oxygen atoms in total. The van der Waals surface area contributed by atoms with Gasteiger partial charge in [-0.05, 0) is 42.3 Å². The van der Waals surface area contributed by atoms with E-state index >= 15 is 0 Å². The summed E-state index contributed by atoms with van der Waals surface area (Å²) < 4.78 is 23.5. The van der Waals surface area contributed by atoms with E-state index in [0.717, 1.165) is 29.4 Å². The van der Waals surface area contributed by atoms with Crippen LogP contribution in [0.15, 0.2) is 53.5 Å². The quantitative estimate of drug-likeness (QED) is 0.245. The maximum atomic E-state index is 13.0. The van der Waals surface area contributed by atoms with Gasteiger partial charge in [-0.25, -0.2) is 9.38 Å². The number of nitrogens with zero attached hydrogens (tertiary/aromatic N) is 1. The molecule has 0 aromatic heterocycles. The van der Waals surface area contributed by atoms with Crippen molar-refractivity contribution in [2.24, 2.45) is 4.99 Å². The van der Waals surface area contributed by atoms with Crippen molar-refractivity contribution in [3.63, 3.8) is 0 Å². The summed E-state index contributed by atoms with van der Waals surface area (Å²) in [6.07, 6.45) is 0. The highest BCUT2D eigenvalue weighted by Crippen LogP contribution is 2.12. The van der Waals surface area contributed by atoms with Crippen molar-refractivity contribution in [2.45, 2.75) is 20.0 Å². The van der Waals surface area contributed by atoms with Crippen molar-refractivity contribution in [1.29, 1.82) is 0 Å². The molecule has 2 aromatic rings. The van der Waals surface area contributed by atoms with Crippen LogP contribution in [0.4, 0.5) is 4.39 Å². The van der Waals surface area contributed by atoms with E-state index in [0.29, 0.717) is 26.3 Å². The predicted octanol–water partition coefficient (Wildman–Crippen LogP) is 3.72. The number of aliphatic imine (C=N–C) groups is 1. The second-order valence-electron chi connectivity index (χ2n) is 5.66. The zero-order valence-electron chi connectivity index (χ0n) is 15.7. The molecule has 2 rings (SSSR count). The maximum absolute atomic E-state index is 13.0. The lowest BCUT2D eigenvalue weighted by Crippen LogP contribution is -2.36. The SMILES string of the molecule is CCNC(=NCc1ccc(OCCOC)cc1)NCc1ccc(F)cc1.I. The van der Waals surface area contributed by atoms with Crippen LogP contribution in [0.25, 0.3) is 0 Å². The normalized spacial score (nSPS) is 10.9. The second-order valence-corrected chi connectivity index (χ2v) is 5.66. The number of rotatable bonds is 9. The Kier molecular flexibility index (Phi) is 11.4. The van der Waals surface area contributed by atoms with E-state index in [2.05, 4.69) is 15.6 Å². The van der Waals surface area contributed by atoms with Gasteiger partial charge >= 0.3 is 0 Å². The lowest BCUT2D eigenvalue weighted by molar-refractivity contribution is 0.146. The minimum atomic E-state index is -0.232. The maximum Gasteiger partial charge on any atom is 0.191 e. The van der Waals surface area contributed by atoms with Gasteiger partial charge in [0.05, 0.1) is 13.2 Å². The lowest BCUT2D eigenvalue weighted by atomic mass is 10.2. The smallest absolute Gasteiger partial charge is 0.191 e. The van der Waals surface area contributed by atoms with Crippen LogP contribution in [0.5, 0.6) is 5.75 Å². The van der Waals surface area contributed by atoms with Gasteiger partial charge in [-0.15, -0.1) is 24.0 Å². The van der Waals surface area contributed by atoms with Gasteiger partial charge in [0.15, 0.2) is 5.96 Å². The molecule has 148 valence electrons. The number of halogens is 2. The number of benzene rings is 2. The number of ether oxygens (including phenoxy) is 2. The van der Waals surface area contributed by atoms with Crippen molar-refractivity contribution in [3.05, 3.63) is 65.5 Å². The molecule has 0 atom stereocenters.